The Morgan fingerprint density at radius 3 is 2.80 bits per heavy atom. The van der Waals surface area contributed by atoms with Crippen molar-refractivity contribution in [1.29, 1.82) is 0 Å². The average Bonchev–Trinajstić information content (AvgIpc) is 1.89. The van der Waals surface area contributed by atoms with Gasteiger partial charge >= 0.3 is 0 Å². The fraction of sp³-hybridized carbons (Fsp3) is 0.833. The van der Waals surface area contributed by atoms with Crippen LogP contribution in [0, 0.1) is 5.92 Å². The van der Waals surface area contributed by atoms with Crippen LogP contribution >= 0.6 is 0 Å². The molecule has 0 rings (SSSR count). The van der Waals surface area contributed by atoms with Gasteiger partial charge in [-0.2, -0.15) is 0 Å². The highest BCUT2D eigenvalue weighted by molar-refractivity contribution is 5.77. The molecular formula is C6H14N2O2. The van der Waals surface area contributed by atoms with Gasteiger partial charge in [0.15, 0.2) is 0 Å². The van der Waals surface area contributed by atoms with E-state index in [4.69, 9.17) is 5.73 Å². The minimum atomic E-state index is -0.118. The quantitative estimate of drug-likeness (QED) is 0.533. The molecular weight excluding hydrogens is 132 g/mol. The first-order chi connectivity index (χ1) is 4.72. The lowest BCUT2D eigenvalue weighted by Crippen LogP contribution is -2.29. The third-order valence-electron chi connectivity index (χ3n) is 1.25. The summed E-state index contributed by atoms with van der Waals surface area (Å²) in [6.45, 7) is 2.33. The number of carbonyl (C=O) groups excluding carboxylic acids is 1. The maximum absolute atomic E-state index is 10.8. The number of amides is 1. The van der Waals surface area contributed by atoms with Crippen LogP contribution in [0.4, 0.5) is 0 Å². The topological polar surface area (TPSA) is 64.3 Å². The molecule has 3 N–H and O–H groups in total. The van der Waals surface area contributed by atoms with Crippen LogP contribution in [0.3, 0.4) is 0 Å². The third-order valence-corrected chi connectivity index (χ3v) is 1.25. The van der Waals surface area contributed by atoms with E-state index < -0.39 is 0 Å². The smallest absolute Gasteiger partial charge is 0.246 e. The van der Waals surface area contributed by atoms with E-state index in [1.54, 1.807) is 6.92 Å². The summed E-state index contributed by atoms with van der Waals surface area (Å²) in [5, 5.41) is 0. The van der Waals surface area contributed by atoms with Crippen LogP contribution < -0.4 is 11.2 Å². The number of nitrogens with two attached hydrogens (primary N) is 1. The zero-order chi connectivity index (χ0) is 7.98. The van der Waals surface area contributed by atoms with Crippen molar-refractivity contribution < 1.29 is 9.63 Å². The Morgan fingerprint density at radius 1 is 1.80 bits per heavy atom. The minimum Gasteiger partial charge on any atom is -0.330 e. The highest BCUT2D eigenvalue weighted by Crippen LogP contribution is 1.98. The van der Waals surface area contributed by atoms with Crippen molar-refractivity contribution in [3.63, 3.8) is 0 Å². The van der Waals surface area contributed by atoms with E-state index in [0.717, 1.165) is 0 Å². The SMILES string of the molecule is CONC(=O)C(C)CCN. The minimum absolute atomic E-state index is 0.0649. The molecule has 1 unspecified atom stereocenters. The summed E-state index contributed by atoms with van der Waals surface area (Å²) in [4.78, 5) is 15.3. The fourth-order valence-corrected chi connectivity index (χ4v) is 0.582. The highest BCUT2D eigenvalue weighted by Gasteiger charge is 2.09. The Labute approximate surface area is 60.7 Å². The third kappa shape index (κ3) is 3.42. The van der Waals surface area contributed by atoms with Gasteiger partial charge in [-0.1, -0.05) is 6.92 Å². The Morgan fingerprint density at radius 2 is 2.40 bits per heavy atom. The predicted octanol–water partition coefficient (Wildman–Crippen LogP) is -0.351. The van der Waals surface area contributed by atoms with E-state index in [1.165, 1.54) is 7.11 Å². The Balaban J connectivity index is 3.49. The van der Waals surface area contributed by atoms with Gasteiger partial charge in [-0.3, -0.25) is 9.63 Å². The van der Waals surface area contributed by atoms with E-state index in [1.807, 2.05) is 0 Å². The standard InChI is InChI=1S/C6H14N2O2/c1-5(3-4-7)6(9)8-10-2/h5H,3-4,7H2,1-2H3,(H,8,9). The summed E-state index contributed by atoms with van der Waals surface area (Å²) in [5.41, 5.74) is 7.48. The summed E-state index contributed by atoms with van der Waals surface area (Å²) < 4.78 is 0. The van der Waals surface area contributed by atoms with Crippen LogP contribution in [0.5, 0.6) is 0 Å². The molecule has 0 aromatic carbocycles. The van der Waals surface area contributed by atoms with Crippen LogP contribution in [-0.2, 0) is 9.63 Å². The fourth-order valence-electron chi connectivity index (χ4n) is 0.582. The van der Waals surface area contributed by atoms with Crippen LogP contribution in [0.25, 0.3) is 0 Å². The van der Waals surface area contributed by atoms with Gasteiger partial charge in [-0.25, -0.2) is 5.48 Å². The molecule has 0 bridgehead atoms. The van der Waals surface area contributed by atoms with E-state index in [-0.39, 0.29) is 11.8 Å². The maximum atomic E-state index is 10.8. The lowest BCUT2D eigenvalue weighted by Gasteiger charge is -2.07. The van der Waals surface area contributed by atoms with Crippen molar-refractivity contribution in [2.75, 3.05) is 13.7 Å². The van der Waals surface area contributed by atoms with Crippen LogP contribution in [-0.4, -0.2) is 19.6 Å². The predicted molar refractivity (Wildman–Crippen MR) is 38.0 cm³/mol. The second-order valence-corrected chi connectivity index (χ2v) is 2.15. The van der Waals surface area contributed by atoms with E-state index in [2.05, 4.69) is 10.3 Å². The molecule has 0 saturated carbocycles. The van der Waals surface area contributed by atoms with Crippen molar-refractivity contribution in [3.8, 4) is 0 Å². The molecule has 0 aliphatic carbocycles. The lowest BCUT2D eigenvalue weighted by molar-refractivity contribution is -0.135. The summed E-state index contributed by atoms with van der Waals surface area (Å²) in [6.07, 6.45) is 0.690. The van der Waals surface area contributed by atoms with Gasteiger partial charge in [0, 0.05) is 5.92 Å². The molecule has 1 amide bonds. The van der Waals surface area contributed by atoms with Crippen molar-refractivity contribution in [2.24, 2.45) is 11.7 Å². The molecule has 60 valence electrons. The first-order valence-electron chi connectivity index (χ1n) is 3.25. The highest BCUT2D eigenvalue weighted by atomic mass is 16.6. The van der Waals surface area contributed by atoms with E-state index >= 15 is 0 Å². The molecule has 1 atom stereocenters. The van der Waals surface area contributed by atoms with Crippen LogP contribution in [0.15, 0.2) is 0 Å². The molecule has 10 heavy (non-hydrogen) atoms. The Hall–Kier alpha value is -0.610. The van der Waals surface area contributed by atoms with Gasteiger partial charge in [0.2, 0.25) is 5.91 Å². The first-order valence-corrected chi connectivity index (χ1v) is 3.25. The van der Waals surface area contributed by atoms with Gasteiger partial charge in [-0.15, -0.1) is 0 Å². The molecule has 0 aromatic heterocycles. The van der Waals surface area contributed by atoms with Gasteiger partial charge in [0.05, 0.1) is 7.11 Å². The lowest BCUT2D eigenvalue weighted by atomic mass is 10.1. The van der Waals surface area contributed by atoms with Gasteiger partial charge < -0.3 is 5.73 Å². The molecule has 0 heterocycles. The first kappa shape index (κ1) is 9.39. The van der Waals surface area contributed by atoms with Gasteiger partial charge in [-0.05, 0) is 13.0 Å². The molecule has 0 radical (unpaired) electrons. The Kier molecular flexibility index (Phi) is 4.88. The monoisotopic (exact) mass is 146 g/mol. The zero-order valence-electron chi connectivity index (χ0n) is 6.39. The average molecular weight is 146 g/mol. The molecule has 4 nitrogen and oxygen atoms in total. The van der Waals surface area contributed by atoms with Crippen LogP contribution in [0.1, 0.15) is 13.3 Å². The van der Waals surface area contributed by atoms with Crippen molar-refractivity contribution in [2.45, 2.75) is 13.3 Å². The number of rotatable bonds is 4. The summed E-state index contributed by atoms with van der Waals surface area (Å²) in [5.74, 6) is -0.182. The second kappa shape index (κ2) is 5.20. The Bertz CT molecular complexity index is 106. The summed E-state index contributed by atoms with van der Waals surface area (Å²) >= 11 is 0. The van der Waals surface area contributed by atoms with Crippen LogP contribution in [0.2, 0.25) is 0 Å². The molecule has 0 fully saturated rings. The zero-order valence-corrected chi connectivity index (χ0v) is 6.39. The largest absolute Gasteiger partial charge is 0.330 e. The number of nitrogens with one attached hydrogen (secondary N) is 1. The summed E-state index contributed by atoms with van der Waals surface area (Å²) in [7, 11) is 1.41. The molecule has 4 heteroatoms. The maximum Gasteiger partial charge on any atom is 0.246 e. The normalized spacial score (nSPS) is 12.7. The molecule has 0 saturated heterocycles. The second-order valence-electron chi connectivity index (χ2n) is 2.15. The molecule has 0 aliphatic rings. The van der Waals surface area contributed by atoms with Crippen molar-refractivity contribution >= 4 is 5.91 Å². The molecule has 0 spiro atoms. The van der Waals surface area contributed by atoms with Crippen molar-refractivity contribution in [1.82, 2.24) is 5.48 Å². The molecule has 0 aliphatic heterocycles. The van der Waals surface area contributed by atoms with E-state index in [0.29, 0.717) is 13.0 Å². The molecule has 0 aromatic rings. The van der Waals surface area contributed by atoms with E-state index in [9.17, 15) is 4.79 Å². The summed E-state index contributed by atoms with van der Waals surface area (Å²) in [6, 6.07) is 0. The number of carbonyl (C=O) groups is 1. The van der Waals surface area contributed by atoms with Gasteiger partial charge in [0.1, 0.15) is 0 Å². The number of hydrogen-bond acceptors (Lipinski definition) is 3. The van der Waals surface area contributed by atoms with Gasteiger partial charge in [0.25, 0.3) is 0 Å². The van der Waals surface area contributed by atoms with Crippen molar-refractivity contribution in [3.05, 3.63) is 0 Å². The number of hydroxylamine groups is 1. The number of hydrogen-bond donors (Lipinski definition) is 2.